The zero-order valence-corrected chi connectivity index (χ0v) is 12.5. The first-order valence-electron chi connectivity index (χ1n) is 7.41. The van der Waals surface area contributed by atoms with Crippen molar-refractivity contribution >= 4 is 0 Å². The molecule has 0 radical (unpaired) electrons. The van der Waals surface area contributed by atoms with Gasteiger partial charge in [0.1, 0.15) is 5.82 Å². The van der Waals surface area contributed by atoms with Crippen LogP contribution in [0.25, 0.3) is 11.1 Å². The van der Waals surface area contributed by atoms with Crippen molar-refractivity contribution < 1.29 is 18.3 Å². The molecule has 1 nitrogen and oxygen atoms in total. The number of benzene rings is 2. The van der Waals surface area contributed by atoms with E-state index in [9.17, 15) is 13.2 Å². The molecule has 0 amide bonds. The van der Waals surface area contributed by atoms with E-state index in [-0.39, 0.29) is 0 Å². The Labute approximate surface area is 128 Å². The van der Waals surface area contributed by atoms with Gasteiger partial charge in [0.2, 0.25) is 0 Å². The van der Waals surface area contributed by atoms with Gasteiger partial charge in [0.15, 0.2) is 0 Å². The van der Waals surface area contributed by atoms with Crippen molar-refractivity contribution in [1.82, 2.24) is 0 Å². The van der Waals surface area contributed by atoms with E-state index >= 15 is 0 Å². The van der Waals surface area contributed by atoms with E-state index in [2.05, 4.69) is 6.92 Å². The van der Waals surface area contributed by atoms with Crippen molar-refractivity contribution in [2.24, 2.45) is 0 Å². The second-order valence-electron chi connectivity index (χ2n) is 5.39. The smallest absolute Gasteiger partial charge is 0.332 e. The molecule has 0 bridgehead atoms. The fourth-order valence-corrected chi connectivity index (χ4v) is 2.38. The lowest BCUT2D eigenvalue weighted by molar-refractivity contribution is -0.210. The third-order valence-electron chi connectivity index (χ3n) is 3.65. The third kappa shape index (κ3) is 4.10. The first kappa shape index (κ1) is 16.6. The van der Waals surface area contributed by atoms with Crippen molar-refractivity contribution in [2.75, 3.05) is 0 Å². The van der Waals surface area contributed by atoms with Gasteiger partial charge < -0.3 is 5.11 Å². The van der Waals surface area contributed by atoms with E-state index in [1.54, 1.807) is 0 Å². The van der Waals surface area contributed by atoms with Gasteiger partial charge in [0.25, 0.3) is 0 Å². The zero-order chi connectivity index (χ0) is 16.2. The predicted molar refractivity (Wildman–Crippen MR) is 81.2 cm³/mol. The summed E-state index contributed by atoms with van der Waals surface area (Å²) in [6.45, 7) is 2.15. The Morgan fingerprint density at radius 1 is 0.955 bits per heavy atom. The summed E-state index contributed by atoms with van der Waals surface area (Å²) in [5, 5.41) is 8.60. The number of hydrogen-bond donors (Lipinski definition) is 1. The second kappa shape index (κ2) is 6.97. The number of hydrogen-bond acceptors (Lipinski definition) is 1. The molecular formula is C18H19F3O. The molecule has 0 aliphatic rings. The molecule has 0 saturated heterocycles. The lowest BCUT2D eigenvalue weighted by Gasteiger charge is -2.11. The molecule has 1 N–H and O–H groups in total. The molecule has 0 atom stereocenters. The molecule has 22 heavy (non-hydrogen) atoms. The highest BCUT2D eigenvalue weighted by atomic mass is 19.3. The van der Waals surface area contributed by atoms with Crippen LogP contribution in [0.3, 0.4) is 0 Å². The van der Waals surface area contributed by atoms with Gasteiger partial charge in [-0.3, -0.25) is 0 Å². The minimum absolute atomic E-state index is 0.505. The SMILES string of the molecule is CCCCCc1ccc(-c2ccc(C(O)(F)F)c(F)c2)cc1. The van der Waals surface area contributed by atoms with E-state index < -0.39 is 17.5 Å². The standard InChI is InChI=1S/C18H19F3O/c1-2-3-4-5-13-6-8-14(9-7-13)15-10-11-16(17(19)12-15)18(20,21)22/h6-12,22H,2-5H2,1H3. The minimum Gasteiger partial charge on any atom is -0.332 e. The quantitative estimate of drug-likeness (QED) is 0.721. The van der Waals surface area contributed by atoms with Gasteiger partial charge in [-0.2, -0.15) is 8.78 Å². The van der Waals surface area contributed by atoms with Crippen LogP contribution in [0.5, 0.6) is 0 Å². The van der Waals surface area contributed by atoms with Gasteiger partial charge in [0.05, 0.1) is 5.56 Å². The van der Waals surface area contributed by atoms with Gasteiger partial charge in [-0.15, -0.1) is 0 Å². The number of rotatable bonds is 6. The predicted octanol–water partition coefficient (Wildman–Crippen LogP) is 5.27. The summed E-state index contributed by atoms with van der Waals surface area (Å²) in [4.78, 5) is 0. The fraction of sp³-hybridized carbons (Fsp3) is 0.333. The first-order valence-corrected chi connectivity index (χ1v) is 7.41. The highest BCUT2D eigenvalue weighted by Gasteiger charge is 2.31. The molecule has 0 aromatic heterocycles. The Morgan fingerprint density at radius 2 is 1.59 bits per heavy atom. The average Bonchev–Trinajstić information content (AvgIpc) is 2.47. The third-order valence-corrected chi connectivity index (χ3v) is 3.65. The van der Waals surface area contributed by atoms with Crippen LogP contribution in [0.15, 0.2) is 42.5 Å². The van der Waals surface area contributed by atoms with E-state index in [0.29, 0.717) is 5.56 Å². The highest BCUT2D eigenvalue weighted by molar-refractivity contribution is 5.64. The van der Waals surface area contributed by atoms with Gasteiger partial charge in [-0.05, 0) is 41.7 Å². The Morgan fingerprint density at radius 3 is 2.14 bits per heavy atom. The zero-order valence-electron chi connectivity index (χ0n) is 12.5. The van der Waals surface area contributed by atoms with Crippen molar-refractivity contribution in [3.8, 4) is 11.1 Å². The normalized spacial score (nSPS) is 11.7. The van der Waals surface area contributed by atoms with Crippen LogP contribution in [-0.2, 0) is 12.5 Å². The van der Waals surface area contributed by atoms with E-state index in [4.69, 9.17) is 5.11 Å². The van der Waals surface area contributed by atoms with Crippen LogP contribution in [0, 0.1) is 5.82 Å². The lowest BCUT2D eigenvalue weighted by atomic mass is 10.00. The topological polar surface area (TPSA) is 20.2 Å². The van der Waals surface area contributed by atoms with Gasteiger partial charge >= 0.3 is 6.11 Å². The van der Waals surface area contributed by atoms with Crippen molar-refractivity contribution in [1.29, 1.82) is 0 Å². The lowest BCUT2D eigenvalue weighted by Crippen LogP contribution is -2.13. The Kier molecular flexibility index (Phi) is 5.24. The average molecular weight is 308 g/mol. The summed E-state index contributed by atoms with van der Waals surface area (Å²) < 4.78 is 39.2. The fourth-order valence-electron chi connectivity index (χ4n) is 2.38. The molecule has 0 unspecified atom stereocenters. The largest absolute Gasteiger partial charge is 0.383 e. The summed E-state index contributed by atoms with van der Waals surface area (Å²) in [5.74, 6) is -1.11. The van der Waals surface area contributed by atoms with Crippen LogP contribution >= 0.6 is 0 Å². The monoisotopic (exact) mass is 308 g/mol. The number of aliphatic hydroxyl groups is 1. The summed E-state index contributed by atoms with van der Waals surface area (Å²) in [6, 6.07) is 11.0. The molecule has 2 aromatic carbocycles. The minimum atomic E-state index is -4.16. The van der Waals surface area contributed by atoms with Crippen molar-refractivity contribution in [3.63, 3.8) is 0 Å². The Hall–Kier alpha value is -1.81. The molecule has 0 spiro atoms. The maximum absolute atomic E-state index is 13.7. The number of aryl methyl sites for hydroxylation is 1. The van der Waals surface area contributed by atoms with E-state index in [1.165, 1.54) is 24.5 Å². The summed E-state index contributed by atoms with van der Waals surface area (Å²) >= 11 is 0. The first-order chi connectivity index (χ1) is 10.4. The van der Waals surface area contributed by atoms with Crippen LogP contribution in [0.2, 0.25) is 0 Å². The maximum atomic E-state index is 13.7. The van der Waals surface area contributed by atoms with Crippen molar-refractivity contribution in [2.45, 2.75) is 38.7 Å². The number of alkyl halides is 2. The van der Waals surface area contributed by atoms with Crippen molar-refractivity contribution in [3.05, 3.63) is 59.4 Å². The second-order valence-corrected chi connectivity index (χ2v) is 5.39. The van der Waals surface area contributed by atoms with Crippen LogP contribution in [0.1, 0.15) is 37.3 Å². The molecular weight excluding hydrogens is 289 g/mol. The van der Waals surface area contributed by atoms with Gasteiger partial charge in [0, 0.05) is 0 Å². The molecule has 0 aliphatic carbocycles. The van der Waals surface area contributed by atoms with Crippen LogP contribution in [-0.4, -0.2) is 5.11 Å². The summed E-state index contributed by atoms with van der Waals surface area (Å²) in [5.41, 5.74) is 1.46. The molecule has 2 aromatic rings. The highest BCUT2D eigenvalue weighted by Crippen LogP contribution is 2.30. The molecule has 118 valence electrons. The van der Waals surface area contributed by atoms with E-state index in [1.807, 2.05) is 24.3 Å². The van der Waals surface area contributed by atoms with Gasteiger partial charge in [-0.1, -0.05) is 50.1 Å². The molecule has 2 rings (SSSR count). The van der Waals surface area contributed by atoms with Crippen LogP contribution in [0.4, 0.5) is 13.2 Å². The molecule has 0 aliphatic heterocycles. The molecule has 0 fully saturated rings. The molecule has 4 heteroatoms. The van der Waals surface area contributed by atoms with Crippen LogP contribution < -0.4 is 0 Å². The maximum Gasteiger partial charge on any atom is 0.383 e. The number of unbranched alkanes of at least 4 members (excludes halogenated alkanes) is 2. The molecule has 0 heterocycles. The number of halogens is 3. The van der Waals surface area contributed by atoms with E-state index in [0.717, 1.165) is 30.5 Å². The Balaban J connectivity index is 2.17. The van der Waals surface area contributed by atoms with Gasteiger partial charge in [-0.25, -0.2) is 4.39 Å². The summed E-state index contributed by atoms with van der Waals surface area (Å²) in [6.07, 6.45) is 0.317. The summed E-state index contributed by atoms with van der Waals surface area (Å²) in [7, 11) is 0. The Bertz CT molecular complexity index is 615. The molecule has 0 saturated carbocycles.